The molecule has 1 aromatic rings. The van der Waals surface area contributed by atoms with Crippen LogP contribution >= 0.6 is 0 Å². The van der Waals surface area contributed by atoms with Crippen LogP contribution in [0.3, 0.4) is 0 Å². The molecular formula is C8H8ClNO4. The van der Waals surface area contributed by atoms with Crippen LogP contribution in [0.25, 0.3) is 6.08 Å². The van der Waals surface area contributed by atoms with Crippen LogP contribution in [0.2, 0.25) is 0 Å². The SMILES string of the molecule is Nc1ccc(C=CO[Cl+3]([O-])([O-])[O-])cc1. The Labute approximate surface area is 82.8 Å². The lowest BCUT2D eigenvalue weighted by Gasteiger charge is -2.09. The van der Waals surface area contributed by atoms with Crippen LogP contribution in [0.1, 0.15) is 5.56 Å². The summed E-state index contributed by atoms with van der Waals surface area (Å²) in [5, 5.41) is 0. The van der Waals surface area contributed by atoms with Gasteiger partial charge in [-0.2, -0.15) is 14.0 Å². The third kappa shape index (κ3) is 4.11. The fraction of sp³-hybridized carbons (Fsp3) is 0. The molecule has 0 amide bonds. The average molecular weight is 218 g/mol. The van der Waals surface area contributed by atoms with E-state index in [1.165, 1.54) is 6.08 Å². The van der Waals surface area contributed by atoms with Crippen LogP contribution < -0.4 is 19.7 Å². The van der Waals surface area contributed by atoms with Crippen molar-refractivity contribution in [2.24, 2.45) is 0 Å². The maximum absolute atomic E-state index is 10.00. The number of hydrogen-bond donors (Lipinski definition) is 1. The van der Waals surface area contributed by atoms with Crippen molar-refractivity contribution in [1.82, 2.24) is 0 Å². The predicted molar refractivity (Wildman–Crippen MR) is 41.0 cm³/mol. The Morgan fingerprint density at radius 2 is 1.71 bits per heavy atom. The van der Waals surface area contributed by atoms with Crippen molar-refractivity contribution in [3.8, 4) is 0 Å². The molecule has 0 radical (unpaired) electrons. The van der Waals surface area contributed by atoms with Crippen LogP contribution in [-0.4, -0.2) is 0 Å². The topological polar surface area (TPSA) is 104 Å². The second-order valence-electron chi connectivity index (χ2n) is 2.44. The van der Waals surface area contributed by atoms with Crippen LogP contribution in [0, 0.1) is 10.2 Å². The van der Waals surface area contributed by atoms with Crippen LogP contribution in [0.4, 0.5) is 5.69 Å². The summed E-state index contributed by atoms with van der Waals surface area (Å²) >= 11 is 0. The maximum atomic E-state index is 10.00. The van der Waals surface area contributed by atoms with E-state index in [2.05, 4.69) is 4.29 Å². The average Bonchev–Trinajstić information content (AvgIpc) is 2.06. The Bertz CT molecular complexity index is 317. The molecule has 5 nitrogen and oxygen atoms in total. The lowest BCUT2D eigenvalue weighted by molar-refractivity contribution is -1.92. The summed E-state index contributed by atoms with van der Waals surface area (Å²) < 4.78 is 33.8. The van der Waals surface area contributed by atoms with Gasteiger partial charge in [-0.25, -0.2) is 0 Å². The monoisotopic (exact) mass is 217 g/mol. The van der Waals surface area contributed by atoms with Gasteiger partial charge < -0.3 is 5.73 Å². The molecular weight excluding hydrogens is 210 g/mol. The quantitative estimate of drug-likeness (QED) is 0.473. The summed E-state index contributed by atoms with van der Waals surface area (Å²) in [7, 11) is -4.40. The highest BCUT2D eigenvalue weighted by Gasteiger charge is 2.12. The van der Waals surface area contributed by atoms with E-state index in [1.54, 1.807) is 24.3 Å². The molecule has 0 aromatic heterocycles. The Morgan fingerprint density at radius 3 is 2.21 bits per heavy atom. The number of nitrogen functional groups attached to an aromatic ring is 1. The first-order chi connectivity index (χ1) is 6.47. The standard InChI is InChI=1S/C8H8ClNO4/c10-8-3-1-7(2-4-8)5-6-14-9(11,12)13/h1-6H,10H2. The maximum Gasteiger partial charge on any atom is 0.253 e. The van der Waals surface area contributed by atoms with E-state index in [4.69, 9.17) is 5.73 Å². The molecule has 1 rings (SSSR count). The highest BCUT2D eigenvalue weighted by molar-refractivity contribution is 5.52. The van der Waals surface area contributed by atoms with Crippen LogP contribution in [0.15, 0.2) is 30.5 Å². The highest BCUT2D eigenvalue weighted by atomic mass is 35.7. The number of anilines is 1. The Morgan fingerprint density at radius 1 is 1.14 bits per heavy atom. The minimum Gasteiger partial charge on any atom is -0.399 e. The first-order valence-electron chi connectivity index (χ1n) is 3.58. The van der Waals surface area contributed by atoms with Crippen molar-refractivity contribution in [3.05, 3.63) is 36.1 Å². The fourth-order valence-corrected chi connectivity index (χ4v) is 0.952. The van der Waals surface area contributed by atoms with Gasteiger partial charge in [-0.3, -0.25) is 0 Å². The Kier molecular flexibility index (Phi) is 3.32. The van der Waals surface area contributed by atoms with Gasteiger partial charge in [0.25, 0.3) is 6.26 Å². The van der Waals surface area contributed by atoms with Gasteiger partial charge in [0.15, 0.2) is 0 Å². The van der Waals surface area contributed by atoms with Gasteiger partial charge in [0.1, 0.15) is 10.2 Å². The summed E-state index contributed by atoms with van der Waals surface area (Å²) in [4.78, 5) is 0. The Hall–Kier alpha value is -1.27. The zero-order valence-corrected chi connectivity index (χ0v) is 7.81. The molecule has 1 aromatic carbocycles. The van der Waals surface area contributed by atoms with Crippen molar-refractivity contribution in [3.63, 3.8) is 0 Å². The predicted octanol–water partition coefficient (Wildman–Crippen LogP) is -1.85. The molecule has 0 saturated carbocycles. The van der Waals surface area contributed by atoms with E-state index in [0.717, 1.165) is 6.26 Å². The van der Waals surface area contributed by atoms with Gasteiger partial charge in [0.05, 0.1) is 0 Å². The zero-order valence-electron chi connectivity index (χ0n) is 7.05. The molecule has 0 aliphatic heterocycles. The molecule has 0 saturated heterocycles. The van der Waals surface area contributed by atoms with Crippen molar-refractivity contribution in [2.45, 2.75) is 0 Å². The number of rotatable bonds is 3. The number of nitrogens with two attached hydrogens (primary N) is 1. The highest BCUT2D eigenvalue weighted by Crippen LogP contribution is 2.07. The van der Waals surface area contributed by atoms with Gasteiger partial charge in [-0.1, -0.05) is 16.4 Å². The lowest BCUT2D eigenvalue weighted by Crippen LogP contribution is -2.60. The van der Waals surface area contributed by atoms with Crippen LogP contribution in [-0.2, 0) is 4.29 Å². The molecule has 0 spiro atoms. The summed E-state index contributed by atoms with van der Waals surface area (Å²) in [6.07, 6.45) is 2.14. The van der Waals surface area contributed by atoms with E-state index in [-0.39, 0.29) is 0 Å². The summed E-state index contributed by atoms with van der Waals surface area (Å²) in [5.74, 6) is 0. The summed E-state index contributed by atoms with van der Waals surface area (Å²) in [5.41, 5.74) is 6.70. The molecule has 2 N–H and O–H groups in total. The molecule has 14 heavy (non-hydrogen) atoms. The van der Waals surface area contributed by atoms with E-state index in [1.807, 2.05) is 0 Å². The molecule has 0 aliphatic rings. The van der Waals surface area contributed by atoms with Crippen molar-refractivity contribution >= 4 is 11.8 Å². The van der Waals surface area contributed by atoms with Crippen molar-refractivity contribution in [1.29, 1.82) is 0 Å². The Balaban J connectivity index is 2.57. The first-order valence-corrected chi connectivity index (χ1v) is 4.82. The third-order valence-electron chi connectivity index (χ3n) is 1.36. The smallest absolute Gasteiger partial charge is 0.253 e. The first kappa shape index (κ1) is 10.8. The van der Waals surface area contributed by atoms with Gasteiger partial charge in [0.2, 0.25) is 0 Å². The molecule has 0 heterocycles. The largest absolute Gasteiger partial charge is 0.399 e. The molecule has 76 valence electrons. The van der Waals surface area contributed by atoms with E-state index in [0.29, 0.717) is 11.3 Å². The lowest BCUT2D eigenvalue weighted by atomic mass is 10.2. The van der Waals surface area contributed by atoms with E-state index in [9.17, 15) is 14.0 Å². The van der Waals surface area contributed by atoms with Gasteiger partial charge in [-0.15, -0.1) is 0 Å². The molecule has 6 heteroatoms. The molecule has 0 fully saturated rings. The summed E-state index contributed by atoms with van der Waals surface area (Å²) in [6.45, 7) is 0. The summed E-state index contributed by atoms with van der Waals surface area (Å²) in [6, 6.07) is 6.60. The van der Waals surface area contributed by atoms with Gasteiger partial charge >= 0.3 is 0 Å². The molecule has 0 unspecified atom stereocenters. The van der Waals surface area contributed by atoms with Gasteiger partial charge in [0, 0.05) is 5.69 Å². The third-order valence-corrected chi connectivity index (χ3v) is 1.68. The molecule has 0 bridgehead atoms. The fourth-order valence-electron chi connectivity index (χ4n) is 0.774. The number of halogens is 1. The zero-order chi connectivity index (χ0) is 10.6. The number of benzene rings is 1. The normalized spacial score (nSPS) is 11.9. The van der Waals surface area contributed by atoms with Gasteiger partial charge in [-0.05, 0) is 23.8 Å². The van der Waals surface area contributed by atoms with E-state index < -0.39 is 10.2 Å². The minimum absolute atomic E-state index is 0.595. The minimum atomic E-state index is -4.40. The second kappa shape index (κ2) is 4.30. The molecule has 0 atom stereocenters. The molecule has 0 aliphatic carbocycles. The number of hydrogen-bond acceptors (Lipinski definition) is 5. The van der Waals surface area contributed by atoms with Crippen molar-refractivity contribution in [2.75, 3.05) is 5.73 Å². The second-order valence-corrected chi connectivity index (χ2v) is 3.37. The van der Waals surface area contributed by atoms with E-state index >= 15 is 0 Å². The van der Waals surface area contributed by atoms with Crippen molar-refractivity contribution < 1.29 is 28.5 Å². The van der Waals surface area contributed by atoms with Crippen LogP contribution in [0.5, 0.6) is 0 Å².